The summed E-state index contributed by atoms with van der Waals surface area (Å²) in [6.07, 6.45) is 3.97. The molecule has 0 amide bonds. The first kappa shape index (κ1) is 13.8. The van der Waals surface area contributed by atoms with Gasteiger partial charge in [-0.2, -0.15) is 0 Å². The van der Waals surface area contributed by atoms with Crippen LogP contribution in [0.1, 0.15) is 19.8 Å². The van der Waals surface area contributed by atoms with Crippen LogP contribution in [0, 0.1) is 11.7 Å². The van der Waals surface area contributed by atoms with Crippen LogP contribution in [0.15, 0.2) is 36.7 Å². The highest BCUT2D eigenvalue weighted by molar-refractivity contribution is 5.59. The summed E-state index contributed by atoms with van der Waals surface area (Å²) in [5.74, 6) is 2.22. The van der Waals surface area contributed by atoms with E-state index in [1.165, 1.54) is 25.0 Å². The predicted octanol–water partition coefficient (Wildman–Crippen LogP) is 3.60. The third-order valence-corrected chi connectivity index (χ3v) is 3.88. The first-order valence-corrected chi connectivity index (χ1v) is 7.30. The molecule has 1 saturated heterocycles. The number of rotatable bonds is 3. The van der Waals surface area contributed by atoms with Gasteiger partial charge in [0, 0.05) is 24.8 Å². The second kappa shape index (κ2) is 6.08. The number of anilines is 3. The molecule has 4 nitrogen and oxygen atoms in total. The minimum absolute atomic E-state index is 0.244. The van der Waals surface area contributed by atoms with Gasteiger partial charge in [0.15, 0.2) is 0 Å². The van der Waals surface area contributed by atoms with Gasteiger partial charge in [0.25, 0.3) is 0 Å². The minimum atomic E-state index is -0.244. The zero-order valence-electron chi connectivity index (χ0n) is 12.1. The second-order valence-corrected chi connectivity index (χ2v) is 5.56. The number of piperidine rings is 1. The average Bonchev–Trinajstić information content (AvgIpc) is 2.51. The summed E-state index contributed by atoms with van der Waals surface area (Å²) >= 11 is 0. The Balaban J connectivity index is 1.72. The molecule has 0 unspecified atom stereocenters. The molecule has 0 bridgehead atoms. The quantitative estimate of drug-likeness (QED) is 0.936. The Bertz CT molecular complexity index is 591. The number of hydrogen-bond acceptors (Lipinski definition) is 4. The van der Waals surface area contributed by atoms with Gasteiger partial charge in [0.1, 0.15) is 23.8 Å². The van der Waals surface area contributed by atoms with E-state index in [1.54, 1.807) is 18.5 Å². The molecule has 2 heterocycles. The Labute approximate surface area is 124 Å². The maximum absolute atomic E-state index is 12.9. The Hall–Kier alpha value is -2.17. The van der Waals surface area contributed by atoms with Gasteiger partial charge in [-0.15, -0.1) is 0 Å². The van der Waals surface area contributed by atoms with Crippen molar-refractivity contribution >= 4 is 17.3 Å². The molecule has 21 heavy (non-hydrogen) atoms. The smallest absolute Gasteiger partial charge is 0.135 e. The largest absolute Gasteiger partial charge is 0.356 e. The van der Waals surface area contributed by atoms with Crippen molar-refractivity contribution in [2.45, 2.75) is 19.8 Å². The molecular formula is C16H19FN4. The van der Waals surface area contributed by atoms with Crippen molar-refractivity contribution in [1.29, 1.82) is 0 Å². The van der Waals surface area contributed by atoms with Gasteiger partial charge in [0.2, 0.25) is 0 Å². The van der Waals surface area contributed by atoms with Crippen LogP contribution in [-0.4, -0.2) is 23.1 Å². The van der Waals surface area contributed by atoms with Gasteiger partial charge in [0.05, 0.1) is 0 Å². The summed E-state index contributed by atoms with van der Waals surface area (Å²) < 4.78 is 12.9. The molecule has 0 atom stereocenters. The lowest BCUT2D eigenvalue weighted by molar-refractivity contribution is 0.436. The van der Waals surface area contributed by atoms with Crippen LogP contribution in [0.2, 0.25) is 0 Å². The summed E-state index contributed by atoms with van der Waals surface area (Å²) in [5.41, 5.74) is 0.813. The molecule has 1 aliphatic rings. The Morgan fingerprint density at radius 3 is 2.57 bits per heavy atom. The molecule has 1 aliphatic heterocycles. The average molecular weight is 286 g/mol. The van der Waals surface area contributed by atoms with Crippen molar-refractivity contribution in [2.24, 2.45) is 5.92 Å². The highest BCUT2D eigenvalue weighted by Gasteiger charge is 2.17. The number of nitrogens with one attached hydrogen (secondary N) is 1. The zero-order chi connectivity index (χ0) is 14.7. The first-order chi connectivity index (χ1) is 10.2. The topological polar surface area (TPSA) is 41.0 Å². The summed E-state index contributed by atoms with van der Waals surface area (Å²) in [5, 5.41) is 3.17. The summed E-state index contributed by atoms with van der Waals surface area (Å²) in [7, 11) is 0. The number of nitrogens with zero attached hydrogens (tertiary/aromatic N) is 3. The van der Waals surface area contributed by atoms with Crippen molar-refractivity contribution in [1.82, 2.24) is 9.97 Å². The maximum Gasteiger partial charge on any atom is 0.135 e. The number of hydrogen-bond donors (Lipinski definition) is 1. The van der Waals surface area contributed by atoms with Crippen LogP contribution in [-0.2, 0) is 0 Å². The Kier molecular flexibility index (Phi) is 3.99. The molecule has 0 spiro atoms. The van der Waals surface area contributed by atoms with Gasteiger partial charge in [-0.3, -0.25) is 0 Å². The van der Waals surface area contributed by atoms with Crippen LogP contribution in [0.4, 0.5) is 21.7 Å². The molecule has 110 valence electrons. The van der Waals surface area contributed by atoms with E-state index in [1.807, 2.05) is 6.07 Å². The zero-order valence-corrected chi connectivity index (χ0v) is 12.1. The number of halogens is 1. The normalized spacial score (nSPS) is 16.0. The van der Waals surface area contributed by atoms with E-state index in [2.05, 4.69) is 27.1 Å². The molecule has 5 heteroatoms. The lowest BCUT2D eigenvalue weighted by Crippen LogP contribution is -2.33. The van der Waals surface area contributed by atoms with Crippen molar-refractivity contribution in [3.8, 4) is 0 Å². The molecule has 2 aromatic rings. The van der Waals surface area contributed by atoms with Gasteiger partial charge in [-0.05, 0) is 43.0 Å². The Morgan fingerprint density at radius 2 is 1.86 bits per heavy atom. The fourth-order valence-electron chi connectivity index (χ4n) is 2.51. The highest BCUT2D eigenvalue weighted by atomic mass is 19.1. The van der Waals surface area contributed by atoms with E-state index < -0.39 is 0 Å². The summed E-state index contributed by atoms with van der Waals surface area (Å²) in [4.78, 5) is 10.9. The molecular weight excluding hydrogens is 267 g/mol. The molecule has 1 fully saturated rings. The number of benzene rings is 1. The van der Waals surface area contributed by atoms with Crippen molar-refractivity contribution in [2.75, 3.05) is 23.3 Å². The predicted molar refractivity (Wildman–Crippen MR) is 82.3 cm³/mol. The fraction of sp³-hybridized carbons (Fsp3) is 0.375. The van der Waals surface area contributed by atoms with Gasteiger partial charge in [-0.1, -0.05) is 6.92 Å². The SMILES string of the molecule is CC1CCN(c2cc(Nc3ccc(F)cc3)ncn2)CC1. The molecule has 0 radical (unpaired) electrons. The molecule has 3 rings (SSSR count). The van der Waals surface area contributed by atoms with E-state index in [4.69, 9.17) is 0 Å². The standard InChI is InChI=1S/C16H19FN4/c1-12-6-8-21(9-7-12)16-10-15(18-11-19-16)20-14-4-2-13(17)3-5-14/h2-5,10-12H,6-9H2,1H3,(H,18,19,20). The van der Waals surface area contributed by atoms with E-state index in [0.29, 0.717) is 0 Å². The van der Waals surface area contributed by atoms with Gasteiger partial charge < -0.3 is 10.2 Å². The van der Waals surface area contributed by atoms with Crippen molar-refractivity contribution in [3.05, 3.63) is 42.5 Å². The third-order valence-electron chi connectivity index (χ3n) is 3.88. The first-order valence-electron chi connectivity index (χ1n) is 7.30. The van der Waals surface area contributed by atoms with Gasteiger partial charge in [-0.25, -0.2) is 14.4 Å². The van der Waals surface area contributed by atoms with E-state index in [0.717, 1.165) is 36.3 Å². The minimum Gasteiger partial charge on any atom is -0.356 e. The third kappa shape index (κ3) is 3.48. The highest BCUT2D eigenvalue weighted by Crippen LogP contribution is 2.23. The molecule has 0 saturated carbocycles. The lowest BCUT2D eigenvalue weighted by Gasteiger charge is -2.31. The monoisotopic (exact) mass is 286 g/mol. The van der Waals surface area contributed by atoms with E-state index in [9.17, 15) is 4.39 Å². The molecule has 1 N–H and O–H groups in total. The van der Waals surface area contributed by atoms with Gasteiger partial charge >= 0.3 is 0 Å². The van der Waals surface area contributed by atoms with Crippen LogP contribution in [0.3, 0.4) is 0 Å². The number of aromatic nitrogens is 2. The van der Waals surface area contributed by atoms with Crippen molar-refractivity contribution < 1.29 is 4.39 Å². The van der Waals surface area contributed by atoms with E-state index >= 15 is 0 Å². The van der Waals surface area contributed by atoms with Crippen molar-refractivity contribution in [3.63, 3.8) is 0 Å². The fourth-order valence-corrected chi connectivity index (χ4v) is 2.51. The van der Waals surface area contributed by atoms with Crippen LogP contribution in [0.25, 0.3) is 0 Å². The second-order valence-electron chi connectivity index (χ2n) is 5.56. The van der Waals surface area contributed by atoms with Crippen LogP contribution < -0.4 is 10.2 Å². The van der Waals surface area contributed by atoms with Crippen LogP contribution in [0.5, 0.6) is 0 Å². The molecule has 0 aliphatic carbocycles. The summed E-state index contributed by atoms with van der Waals surface area (Å²) in [6.45, 7) is 4.36. The van der Waals surface area contributed by atoms with Crippen LogP contribution >= 0.6 is 0 Å². The molecule has 1 aromatic carbocycles. The lowest BCUT2D eigenvalue weighted by atomic mass is 9.99. The molecule has 1 aromatic heterocycles. The summed E-state index contributed by atoms with van der Waals surface area (Å²) in [6, 6.07) is 8.19. The maximum atomic E-state index is 12.9. The Morgan fingerprint density at radius 1 is 1.14 bits per heavy atom. The van der Waals surface area contributed by atoms with E-state index in [-0.39, 0.29) is 5.82 Å².